The van der Waals surface area contributed by atoms with Gasteiger partial charge in [-0.1, -0.05) is 6.92 Å². The van der Waals surface area contributed by atoms with Crippen molar-refractivity contribution in [3.8, 4) is 0 Å². The van der Waals surface area contributed by atoms with Gasteiger partial charge in [0.05, 0.1) is 0 Å². The van der Waals surface area contributed by atoms with Crippen LogP contribution in [0.3, 0.4) is 0 Å². The summed E-state index contributed by atoms with van der Waals surface area (Å²) in [6.45, 7) is 8.11. The van der Waals surface area contributed by atoms with Crippen LogP contribution >= 0.6 is 0 Å². The molecule has 1 aromatic heterocycles. The van der Waals surface area contributed by atoms with E-state index in [1.165, 1.54) is 43.9 Å². The number of nitrogens with zero attached hydrogens (tertiary/aromatic N) is 4. The van der Waals surface area contributed by atoms with Crippen molar-refractivity contribution < 1.29 is 0 Å². The van der Waals surface area contributed by atoms with Gasteiger partial charge in [0.2, 0.25) is 0 Å². The van der Waals surface area contributed by atoms with Gasteiger partial charge in [-0.05, 0) is 32.7 Å². The van der Waals surface area contributed by atoms with E-state index in [9.17, 15) is 0 Å². The van der Waals surface area contributed by atoms with E-state index in [1.54, 1.807) is 0 Å². The van der Waals surface area contributed by atoms with E-state index in [0.29, 0.717) is 6.04 Å². The van der Waals surface area contributed by atoms with E-state index in [-0.39, 0.29) is 0 Å². The van der Waals surface area contributed by atoms with Crippen LogP contribution in [0.25, 0.3) is 0 Å². The molecule has 2 unspecified atom stereocenters. The molecular weight excluding hydrogens is 224 g/mol. The highest BCUT2D eigenvalue weighted by Gasteiger charge is 2.36. The molecular formula is C14H24N4. The molecule has 2 saturated heterocycles. The first-order valence-corrected chi connectivity index (χ1v) is 7.20. The van der Waals surface area contributed by atoms with Crippen LogP contribution in [0, 0.1) is 6.92 Å². The standard InChI is InChI=1S/C14H24N4/c1-4-12-9-17-7-5-6-13(17)10-18(12)14-8-11(2)16(3)15-14/h8,12-13H,4-7,9-10H2,1-3H3. The average molecular weight is 248 g/mol. The molecule has 0 amide bonds. The van der Waals surface area contributed by atoms with Crippen molar-refractivity contribution in [2.24, 2.45) is 7.05 Å². The second-order valence-electron chi connectivity index (χ2n) is 5.77. The summed E-state index contributed by atoms with van der Waals surface area (Å²) >= 11 is 0. The number of rotatable bonds is 2. The van der Waals surface area contributed by atoms with Gasteiger partial charge in [-0.15, -0.1) is 0 Å². The van der Waals surface area contributed by atoms with Crippen LogP contribution in [-0.4, -0.2) is 46.4 Å². The van der Waals surface area contributed by atoms with Crippen molar-refractivity contribution in [1.29, 1.82) is 0 Å². The highest BCUT2D eigenvalue weighted by Crippen LogP contribution is 2.29. The van der Waals surface area contributed by atoms with Gasteiger partial charge in [0.1, 0.15) is 0 Å². The molecule has 4 nitrogen and oxygen atoms in total. The lowest BCUT2D eigenvalue weighted by molar-refractivity contribution is 0.194. The highest BCUT2D eigenvalue weighted by atomic mass is 15.4. The number of fused-ring (bicyclic) bond motifs is 1. The number of piperazine rings is 1. The molecule has 18 heavy (non-hydrogen) atoms. The average Bonchev–Trinajstić information content (AvgIpc) is 2.94. The van der Waals surface area contributed by atoms with E-state index >= 15 is 0 Å². The molecule has 2 aliphatic heterocycles. The molecule has 2 aliphatic rings. The van der Waals surface area contributed by atoms with Crippen LogP contribution in [-0.2, 0) is 7.05 Å². The monoisotopic (exact) mass is 248 g/mol. The molecule has 3 heterocycles. The summed E-state index contributed by atoms with van der Waals surface area (Å²) in [5, 5.41) is 4.67. The molecule has 0 radical (unpaired) electrons. The van der Waals surface area contributed by atoms with Crippen LogP contribution in [0.4, 0.5) is 5.82 Å². The first-order chi connectivity index (χ1) is 8.69. The minimum absolute atomic E-state index is 0.633. The van der Waals surface area contributed by atoms with Crippen molar-refractivity contribution in [2.45, 2.75) is 45.2 Å². The quantitative estimate of drug-likeness (QED) is 0.797. The normalized spacial score (nSPS) is 28.7. The largest absolute Gasteiger partial charge is 0.349 e. The Morgan fingerprint density at radius 2 is 2.22 bits per heavy atom. The minimum Gasteiger partial charge on any atom is -0.349 e. The Morgan fingerprint density at radius 1 is 1.39 bits per heavy atom. The Kier molecular flexibility index (Phi) is 3.06. The maximum atomic E-state index is 4.67. The Labute approximate surface area is 110 Å². The van der Waals surface area contributed by atoms with Crippen molar-refractivity contribution in [1.82, 2.24) is 14.7 Å². The van der Waals surface area contributed by atoms with Crippen molar-refractivity contribution in [2.75, 3.05) is 24.5 Å². The molecule has 1 aromatic rings. The van der Waals surface area contributed by atoms with Gasteiger partial charge in [-0.2, -0.15) is 5.10 Å². The fourth-order valence-electron chi connectivity index (χ4n) is 3.40. The SMILES string of the molecule is CCC1CN2CCCC2CN1c1cc(C)n(C)n1. The zero-order valence-electron chi connectivity index (χ0n) is 11.8. The zero-order chi connectivity index (χ0) is 12.7. The van der Waals surface area contributed by atoms with Crippen LogP contribution in [0.1, 0.15) is 31.9 Å². The molecule has 0 aliphatic carbocycles. The van der Waals surface area contributed by atoms with Crippen LogP contribution < -0.4 is 4.90 Å². The van der Waals surface area contributed by atoms with E-state index in [0.717, 1.165) is 12.6 Å². The molecule has 3 rings (SSSR count). The van der Waals surface area contributed by atoms with E-state index in [4.69, 9.17) is 0 Å². The van der Waals surface area contributed by atoms with E-state index in [1.807, 2.05) is 11.7 Å². The van der Waals surface area contributed by atoms with Crippen molar-refractivity contribution in [3.05, 3.63) is 11.8 Å². The van der Waals surface area contributed by atoms with Gasteiger partial charge >= 0.3 is 0 Å². The fourth-order valence-corrected chi connectivity index (χ4v) is 3.40. The first kappa shape index (κ1) is 12.0. The van der Waals surface area contributed by atoms with Gasteiger partial charge < -0.3 is 4.90 Å². The first-order valence-electron chi connectivity index (χ1n) is 7.20. The summed E-state index contributed by atoms with van der Waals surface area (Å²) in [7, 11) is 2.03. The lowest BCUT2D eigenvalue weighted by Gasteiger charge is -2.43. The smallest absolute Gasteiger partial charge is 0.151 e. The van der Waals surface area contributed by atoms with Crippen LogP contribution in [0.5, 0.6) is 0 Å². The Balaban J connectivity index is 1.84. The molecule has 100 valence electrons. The summed E-state index contributed by atoms with van der Waals surface area (Å²) in [4.78, 5) is 5.22. The molecule has 0 aromatic carbocycles. The number of anilines is 1. The van der Waals surface area contributed by atoms with E-state index < -0.39 is 0 Å². The third-order valence-electron chi connectivity index (χ3n) is 4.66. The van der Waals surface area contributed by atoms with Crippen molar-refractivity contribution >= 4 is 5.82 Å². The van der Waals surface area contributed by atoms with Crippen LogP contribution in [0.2, 0.25) is 0 Å². The maximum absolute atomic E-state index is 4.67. The van der Waals surface area contributed by atoms with Crippen molar-refractivity contribution in [3.63, 3.8) is 0 Å². The molecule has 2 fully saturated rings. The molecule has 2 atom stereocenters. The summed E-state index contributed by atoms with van der Waals surface area (Å²) < 4.78 is 1.99. The number of hydrogen-bond acceptors (Lipinski definition) is 3. The maximum Gasteiger partial charge on any atom is 0.151 e. The van der Waals surface area contributed by atoms with Gasteiger partial charge in [0.15, 0.2) is 5.82 Å². The second kappa shape index (κ2) is 4.57. The van der Waals surface area contributed by atoms with Gasteiger partial charge in [0, 0.05) is 44.0 Å². The van der Waals surface area contributed by atoms with Crippen LogP contribution in [0.15, 0.2) is 6.07 Å². The lowest BCUT2D eigenvalue weighted by atomic mass is 10.1. The third-order valence-corrected chi connectivity index (χ3v) is 4.66. The number of hydrogen-bond donors (Lipinski definition) is 0. The Hall–Kier alpha value is -1.03. The lowest BCUT2D eigenvalue weighted by Crippen LogP contribution is -2.56. The Bertz CT molecular complexity index is 406. The zero-order valence-corrected chi connectivity index (χ0v) is 11.8. The summed E-state index contributed by atoms with van der Waals surface area (Å²) in [6, 6.07) is 3.62. The van der Waals surface area contributed by atoms with Gasteiger partial charge in [-0.3, -0.25) is 9.58 Å². The van der Waals surface area contributed by atoms with Gasteiger partial charge in [-0.25, -0.2) is 0 Å². The number of aryl methyl sites for hydroxylation is 2. The minimum atomic E-state index is 0.633. The second-order valence-corrected chi connectivity index (χ2v) is 5.77. The number of aromatic nitrogens is 2. The topological polar surface area (TPSA) is 24.3 Å². The predicted molar refractivity (Wildman–Crippen MR) is 74.0 cm³/mol. The van der Waals surface area contributed by atoms with Gasteiger partial charge in [0.25, 0.3) is 0 Å². The summed E-state index contributed by atoms with van der Waals surface area (Å²) in [5.74, 6) is 1.17. The predicted octanol–water partition coefficient (Wildman–Crippen LogP) is 1.79. The summed E-state index contributed by atoms with van der Waals surface area (Å²) in [5.41, 5.74) is 1.24. The highest BCUT2D eigenvalue weighted by molar-refractivity contribution is 5.42. The Morgan fingerprint density at radius 3 is 2.89 bits per heavy atom. The van der Waals surface area contributed by atoms with E-state index in [2.05, 4.69) is 34.8 Å². The molecule has 0 spiro atoms. The fraction of sp³-hybridized carbons (Fsp3) is 0.786. The molecule has 4 heteroatoms. The molecule has 0 N–H and O–H groups in total. The molecule has 0 saturated carbocycles. The third kappa shape index (κ3) is 1.92. The summed E-state index contributed by atoms with van der Waals surface area (Å²) in [6.07, 6.45) is 3.94. The molecule has 0 bridgehead atoms.